The number of amides is 2. The Morgan fingerprint density at radius 1 is 1.22 bits per heavy atom. The Morgan fingerprint density at radius 3 is 2.67 bits per heavy atom. The fourth-order valence-electron chi connectivity index (χ4n) is 2.07. The van der Waals surface area contributed by atoms with Gasteiger partial charge in [-0.2, -0.15) is 5.10 Å². The molecular formula is C19H19Cl2N3O3. The second-order valence-corrected chi connectivity index (χ2v) is 6.55. The molecule has 0 fully saturated rings. The van der Waals surface area contributed by atoms with Crippen LogP contribution in [0.1, 0.15) is 18.1 Å². The van der Waals surface area contributed by atoms with Crippen molar-refractivity contribution in [1.82, 2.24) is 10.7 Å². The molecule has 8 heteroatoms. The van der Waals surface area contributed by atoms with Gasteiger partial charge in [0, 0.05) is 5.02 Å². The molecule has 6 nitrogen and oxygen atoms in total. The van der Waals surface area contributed by atoms with E-state index in [1.165, 1.54) is 6.07 Å². The van der Waals surface area contributed by atoms with E-state index < -0.39 is 17.9 Å². The van der Waals surface area contributed by atoms with Gasteiger partial charge in [-0.15, -0.1) is 0 Å². The predicted octanol–water partition coefficient (Wildman–Crippen LogP) is 3.34. The second kappa shape index (κ2) is 9.94. The van der Waals surface area contributed by atoms with Crippen LogP contribution in [0.5, 0.6) is 5.75 Å². The van der Waals surface area contributed by atoms with Gasteiger partial charge in [-0.25, -0.2) is 5.43 Å². The molecule has 0 heterocycles. The molecule has 1 atom stereocenters. The number of hydrogen-bond donors (Lipinski definition) is 2. The maximum Gasteiger partial charge on any atom is 0.261 e. The first-order valence-electron chi connectivity index (χ1n) is 8.14. The van der Waals surface area contributed by atoms with Gasteiger partial charge in [-0.3, -0.25) is 9.59 Å². The van der Waals surface area contributed by atoms with Crippen molar-refractivity contribution in [2.75, 3.05) is 6.54 Å². The molecule has 0 radical (unpaired) electrons. The van der Waals surface area contributed by atoms with Crippen molar-refractivity contribution in [2.45, 2.75) is 20.0 Å². The summed E-state index contributed by atoms with van der Waals surface area (Å²) >= 11 is 11.8. The number of carbonyl (C=O) groups excluding carboxylic acids is 2. The summed E-state index contributed by atoms with van der Waals surface area (Å²) < 4.78 is 5.48. The minimum atomic E-state index is -0.841. The molecule has 0 saturated heterocycles. The van der Waals surface area contributed by atoms with E-state index in [-0.39, 0.29) is 6.54 Å². The highest BCUT2D eigenvalue weighted by Gasteiger charge is 2.17. The molecule has 27 heavy (non-hydrogen) atoms. The third-order valence-corrected chi connectivity index (χ3v) is 4.10. The number of hydrazone groups is 1. The molecule has 0 spiro atoms. The average molecular weight is 408 g/mol. The summed E-state index contributed by atoms with van der Waals surface area (Å²) in [5, 5.41) is 7.11. The summed E-state index contributed by atoms with van der Waals surface area (Å²) in [7, 11) is 0. The van der Waals surface area contributed by atoms with E-state index in [9.17, 15) is 9.59 Å². The number of nitrogens with one attached hydrogen (secondary N) is 2. The van der Waals surface area contributed by atoms with Crippen molar-refractivity contribution < 1.29 is 14.3 Å². The highest BCUT2D eigenvalue weighted by atomic mass is 35.5. The van der Waals surface area contributed by atoms with Crippen molar-refractivity contribution in [3.63, 3.8) is 0 Å². The van der Waals surface area contributed by atoms with Gasteiger partial charge in [0.25, 0.3) is 11.8 Å². The zero-order chi connectivity index (χ0) is 19.8. The third kappa shape index (κ3) is 6.58. The molecule has 2 rings (SSSR count). The SMILES string of the molecule is Cc1ccccc1/C=N/NC(=O)CNC(=O)C(C)Oc1ccc(Cl)cc1Cl. The fraction of sp³-hybridized carbons (Fsp3) is 0.211. The van der Waals surface area contributed by atoms with Crippen LogP contribution in [0, 0.1) is 6.92 Å². The predicted molar refractivity (Wildman–Crippen MR) is 106 cm³/mol. The number of halogens is 2. The lowest BCUT2D eigenvalue weighted by atomic mass is 10.1. The number of ether oxygens (including phenoxy) is 1. The van der Waals surface area contributed by atoms with E-state index in [4.69, 9.17) is 27.9 Å². The molecule has 2 aromatic rings. The van der Waals surface area contributed by atoms with Crippen LogP contribution in [-0.4, -0.2) is 30.7 Å². The molecule has 2 N–H and O–H groups in total. The van der Waals surface area contributed by atoms with E-state index in [2.05, 4.69) is 15.8 Å². The van der Waals surface area contributed by atoms with Crippen LogP contribution in [0.4, 0.5) is 0 Å². The Balaban J connectivity index is 1.78. The van der Waals surface area contributed by atoms with Gasteiger partial charge in [0.1, 0.15) is 5.75 Å². The highest BCUT2D eigenvalue weighted by Crippen LogP contribution is 2.28. The Bertz CT molecular complexity index is 856. The Hall–Kier alpha value is -2.57. The van der Waals surface area contributed by atoms with Crippen molar-refractivity contribution in [2.24, 2.45) is 5.10 Å². The summed E-state index contributed by atoms with van der Waals surface area (Å²) in [6.07, 6.45) is 0.704. The maximum absolute atomic E-state index is 12.0. The molecule has 0 saturated carbocycles. The van der Waals surface area contributed by atoms with Gasteiger partial charge in [-0.1, -0.05) is 47.5 Å². The summed E-state index contributed by atoms with van der Waals surface area (Å²) in [6.45, 7) is 3.26. The number of nitrogens with zero attached hydrogens (tertiary/aromatic N) is 1. The van der Waals surface area contributed by atoms with Crippen molar-refractivity contribution in [1.29, 1.82) is 0 Å². The maximum atomic E-state index is 12.0. The van der Waals surface area contributed by atoms with Crippen LogP contribution >= 0.6 is 23.2 Å². The highest BCUT2D eigenvalue weighted by molar-refractivity contribution is 6.35. The van der Waals surface area contributed by atoms with Crippen molar-refractivity contribution in [3.05, 3.63) is 63.6 Å². The largest absolute Gasteiger partial charge is 0.479 e. The van der Waals surface area contributed by atoms with E-state index in [0.717, 1.165) is 11.1 Å². The first kappa shape index (κ1) is 20.7. The first-order valence-corrected chi connectivity index (χ1v) is 8.89. The lowest BCUT2D eigenvalue weighted by molar-refractivity contribution is -0.130. The van der Waals surface area contributed by atoms with Crippen molar-refractivity contribution in [3.8, 4) is 5.75 Å². The summed E-state index contributed by atoms with van der Waals surface area (Å²) in [5.41, 5.74) is 4.29. The monoisotopic (exact) mass is 407 g/mol. The van der Waals surface area contributed by atoms with Gasteiger partial charge in [-0.05, 0) is 43.2 Å². The lowest BCUT2D eigenvalue weighted by Gasteiger charge is -2.15. The van der Waals surface area contributed by atoms with Gasteiger partial charge in [0.15, 0.2) is 6.10 Å². The Morgan fingerprint density at radius 2 is 1.96 bits per heavy atom. The van der Waals surface area contributed by atoms with Gasteiger partial charge in [0.05, 0.1) is 17.8 Å². The molecule has 2 amide bonds. The zero-order valence-electron chi connectivity index (χ0n) is 14.8. The number of hydrogen-bond acceptors (Lipinski definition) is 4. The van der Waals surface area contributed by atoms with Gasteiger partial charge in [0.2, 0.25) is 0 Å². The van der Waals surface area contributed by atoms with Crippen LogP contribution in [0.3, 0.4) is 0 Å². The van der Waals surface area contributed by atoms with E-state index in [1.54, 1.807) is 25.3 Å². The number of benzene rings is 2. The molecule has 2 aromatic carbocycles. The summed E-state index contributed by atoms with van der Waals surface area (Å²) in [5.74, 6) is -0.583. The molecule has 0 aliphatic rings. The van der Waals surface area contributed by atoms with Crippen molar-refractivity contribution >= 4 is 41.2 Å². The van der Waals surface area contributed by atoms with E-state index in [0.29, 0.717) is 15.8 Å². The summed E-state index contributed by atoms with van der Waals surface area (Å²) in [4.78, 5) is 23.8. The minimum absolute atomic E-state index is 0.230. The number of rotatable bonds is 7. The van der Waals surface area contributed by atoms with Crippen LogP contribution in [-0.2, 0) is 9.59 Å². The minimum Gasteiger partial charge on any atom is -0.479 e. The van der Waals surface area contributed by atoms with Gasteiger partial charge >= 0.3 is 0 Å². The van der Waals surface area contributed by atoms with Crippen LogP contribution in [0.15, 0.2) is 47.6 Å². The average Bonchev–Trinajstić information content (AvgIpc) is 2.63. The van der Waals surface area contributed by atoms with Crippen LogP contribution in [0.2, 0.25) is 10.0 Å². The molecule has 142 valence electrons. The number of aryl methyl sites for hydroxylation is 1. The fourth-order valence-corrected chi connectivity index (χ4v) is 2.52. The summed E-state index contributed by atoms with van der Waals surface area (Å²) in [6, 6.07) is 12.3. The smallest absolute Gasteiger partial charge is 0.261 e. The Labute approximate surface area is 167 Å². The van der Waals surface area contributed by atoms with E-state index >= 15 is 0 Å². The molecular weight excluding hydrogens is 389 g/mol. The zero-order valence-corrected chi connectivity index (χ0v) is 16.3. The standard InChI is InChI=1S/C19H19Cl2N3O3/c1-12-5-3-4-6-14(12)10-23-24-18(25)11-22-19(26)13(2)27-17-8-7-15(20)9-16(17)21/h3-10,13H,11H2,1-2H3,(H,22,26)(H,24,25)/b23-10+. The molecule has 0 aliphatic heterocycles. The van der Waals surface area contributed by atoms with Gasteiger partial charge < -0.3 is 10.1 Å². The molecule has 0 aromatic heterocycles. The molecule has 1 unspecified atom stereocenters. The molecule has 0 bridgehead atoms. The third-order valence-electron chi connectivity index (χ3n) is 3.57. The normalized spacial score (nSPS) is 11.9. The molecule has 0 aliphatic carbocycles. The van der Waals surface area contributed by atoms with Crippen LogP contribution < -0.4 is 15.5 Å². The number of carbonyl (C=O) groups is 2. The topological polar surface area (TPSA) is 79.8 Å². The Kier molecular flexibility index (Phi) is 7.64. The second-order valence-electron chi connectivity index (χ2n) is 5.70. The first-order chi connectivity index (χ1) is 12.9. The van der Waals surface area contributed by atoms with E-state index in [1.807, 2.05) is 31.2 Å². The quantitative estimate of drug-likeness (QED) is 0.545. The van der Waals surface area contributed by atoms with Crippen LogP contribution in [0.25, 0.3) is 0 Å². The lowest BCUT2D eigenvalue weighted by Crippen LogP contribution is -2.41.